The summed E-state index contributed by atoms with van der Waals surface area (Å²) in [7, 11) is 0. The van der Waals surface area contributed by atoms with E-state index < -0.39 is 0 Å². The van der Waals surface area contributed by atoms with Gasteiger partial charge in [-0.2, -0.15) is 4.98 Å². The van der Waals surface area contributed by atoms with Gasteiger partial charge in [0.1, 0.15) is 5.82 Å². The van der Waals surface area contributed by atoms with Crippen LogP contribution in [0.1, 0.15) is 51.3 Å². The first-order valence-corrected chi connectivity index (χ1v) is 9.70. The molecule has 0 radical (unpaired) electrons. The standard InChI is InChI=1S/C20H27FN4O2/c1-3-17(4-2)22-18(26)13-25-10-6-8-15(12-25)20-23-19(24-27-20)14-7-5-9-16(21)11-14/h5,7,9,11,15,17H,3-4,6,8,10,12-13H2,1-2H3,(H,22,26)/t15-/m0/s1. The van der Waals surface area contributed by atoms with Gasteiger partial charge in [0.05, 0.1) is 12.5 Å². The molecule has 1 aliphatic rings. The summed E-state index contributed by atoms with van der Waals surface area (Å²) in [6.45, 7) is 6.14. The van der Waals surface area contributed by atoms with Gasteiger partial charge in [0.2, 0.25) is 17.6 Å². The van der Waals surface area contributed by atoms with Crippen molar-refractivity contribution in [1.29, 1.82) is 0 Å². The molecule has 1 aliphatic heterocycles. The normalized spacial score (nSPS) is 18.0. The molecule has 1 N–H and O–H groups in total. The smallest absolute Gasteiger partial charge is 0.234 e. The lowest BCUT2D eigenvalue weighted by atomic mass is 9.98. The number of piperidine rings is 1. The van der Waals surface area contributed by atoms with E-state index >= 15 is 0 Å². The van der Waals surface area contributed by atoms with E-state index in [2.05, 4.69) is 34.2 Å². The molecule has 6 nitrogen and oxygen atoms in total. The van der Waals surface area contributed by atoms with E-state index in [1.165, 1.54) is 12.1 Å². The predicted octanol–water partition coefficient (Wildman–Crippen LogP) is 3.36. The van der Waals surface area contributed by atoms with Crippen molar-refractivity contribution in [3.63, 3.8) is 0 Å². The van der Waals surface area contributed by atoms with Gasteiger partial charge in [-0.05, 0) is 44.4 Å². The third-order valence-electron chi connectivity index (χ3n) is 5.10. The van der Waals surface area contributed by atoms with Gasteiger partial charge in [-0.15, -0.1) is 0 Å². The van der Waals surface area contributed by atoms with E-state index in [0.717, 1.165) is 32.2 Å². The van der Waals surface area contributed by atoms with Gasteiger partial charge in [0, 0.05) is 18.2 Å². The molecule has 0 aliphatic carbocycles. The molecule has 2 aromatic rings. The first kappa shape index (κ1) is 19.5. The number of carbonyl (C=O) groups excluding carboxylic acids is 1. The molecule has 1 aromatic heterocycles. The Balaban J connectivity index is 1.60. The number of nitrogens with one attached hydrogen (secondary N) is 1. The van der Waals surface area contributed by atoms with Crippen LogP contribution < -0.4 is 5.32 Å². The van der Waals surface area contributed by atoms with E-state index in [9.17, 15) is 9.18 Å². The molecule has 0 spiro atoms. The van der Waals surface area contributed by atoms with Crippen LogP contribution in [0.5, 0.6) is 0 Å². The zero-order chi connectivity index (χ0) is 19.2. The molecule has 7 heteroatoms. The van der Waals surface area contributed by atoms with Gasteiger partial charge >= 0.3 is 0 Å². The summed E-state index contributed by atoms with van der Waals surface area (Å²) in [5.41, 5.74) is 0.599. The molecule has 0 unspecified atom stereocenters. The van der Waals surface area contributed by atoms with Crippen LogP contribution in [0.25, 0.3) is 11.4 Å². The summed E-state index contributed by atoms with van der Waals surface area (Å²) in [4.78, 5) is 18.9. The minimum atomic E-state index is -0.328. The van der Waals surface area contributed by atoms with Gasteiger partial charge in [-0.3, -0.25) is 9.69 Å². The third kappa shape index (κ3) is 5.13. The maximum atomic E-state index is 13.4. The Morgan fingerprint density at radius 2 is 2.22 bits per heavy atom. The fraction of sp³-hybridized carbons (Fsp3) is 0.550. The van der Waals surface area contributed by atoms with Crippen molar-refractivity contribution in [3.8, 4) is 11.4 Å². The highest BCUT2D eigenvalue weighted by molar-refractivity contribution is 5.78. The number of nitrogens with zero attached hydrogens (tertiary/aromatic N) is 3. The number of hydrogen-bond donors (Lipinski definition) is 1. The number of halogens is 1. The quantitative estimate of drug-likeness (QED) is 0.805. The maximum absolute atomic E-state index is 13.4. The number of likely N-dealkylation sites (tertiary alicyclic amines) is 1. The minimum absolute atomic E-state index is 0.0651. The van der Waals surface area contributed by atoms with Crippen molar-refractivity contribution < 1.29 is 13.7 Å². The van der Waals surface area contributed by atoms with Crippen LogP contribution in [0.15, 0.2) is 28.8 Å². The SMILES string of the molecule is CCC(CC)NC(=O)CN1CCC[C@H](c2nc(-c3cccc(F)c3)no2)C1. The zero-order valence-electron chi connectivity index (χ0n) is 15.9. The van der Waals surface area contributed by atoms with E-state index in [1.54, 1.807) is 12.1 Å². The Hall–Kier alpha value is -2.28. The predicted molar refractivity (Wildman–Crippen MR) is 101 cm³/mol. The largest absolute Gasteiger partial charge is 0.352 e. The minimum Gasteiger partial charge on any atom is -0.352 e. The molecule has 2 heterocycles. The van der Waals surface area contributed by atoms with Crippen molar-refractivity contribution in [3.05, 3.63) is 36.0 Å². The van der Waals surface area contributed by atoms with Crippen LogP contribution in [-0.2, 0) is 4.79 Å². The Bertz CT molecular complexity index is 760. The molecular weight excluding hydrogens is 347 g/mol. The summed E-state index contributed by atoms with van der Waals surface area (Å²) in [6, 6.07) is 6.40. The van der Waals surface area contributed by atoms with Crippen molar-refractivity contribution >= 4 is 5.91 Å². The molecule has 27 heavy (non-hydrogen) atoms. The Morgan fingerprint density at radius 3 is 2.96 bits per heavy atom. The first-order chi connectivity index (χ1) is 13.1. The molecule has 1 fully saturated rings. The number of amides is 1. The first-order valence-electron chi connectivity index (χ1n) is 9.70. The Morgan fingerprint density at radius 1 is 1.41 bits per heavy atom. The molecule has 1 amide bonds. The third-order valence-corrected chi connectivity index (χ3v) is 5.10. The van der Waals surface area contributed by atoms with Gasteiger partial charge in [0.25, 0.3) is 0 Å². The van der Waals surface area contributed by atoms with Crippen molar-refractivity contribution in [1.82, 2.24) is 20.4 Å². The lowest BCUT2D eigenvalue weighted by Crippen LogP contribution is -2.44. The Labute approximate surface area is 159 Å². The molecular formula is C20H27FN4O2. The average molecular weight is 374 g/mol. The lowest BCUT2D eigenvalue weighted by Gasteiger charge is -2.30. The molecule has 3 rings (SSSR count). The van der Waals surface area contributed by atoms with E-state index in [4.69, 9.17) is 4.52 Å². The summed E-state index contributed by atoms with van der Waals surface area (Å²) in [6.07, 6.45) is 3.79. The molecule has 0 bridgehead atoms. The second-order valence-electron chi connectivity index (χ2n) is 7.12. The van der Waals surface area contributed by atoms with E-state index in [-0.39, 0.29) is 23.7 Å². The number of hydrogen-bond acceptors (Lipinski definition) is 5. The van der Waals surface area contributed by atoms with Crippen molar-refractivity contribution in [2.75, 3.05) is 19.6 Å². The summed E-state index contributed by atoms with van der Waals surface area (Å²) >= 11 is 0. The number of aromatic nitrogens is 2. The second-order valence-corrected chi connectivity index (χ2v) is 7.12. The molecule has 146 valence electrons. The maximum Gasteiger partial charge on any atom is 0.234 e. The summed E-state index contributed by atoms with van der Waals surface area (Å²) < 4.78 is 18.8. The average Bonchev–Trinajstić information content (AvgIpc) is 3.16. The highest BCUT2D eigenvalue weighted by Crippen LogP contribution is 2.27. The fourth-order valence-corrected chi connectivity index (χ4v) is 3.52. The van der Waals surface area contributed by atoms with Gasteiger partial charge in [-0.25, -0.2) is 4.39 Å². The molecule has 1 atom stereocenters. The lowest BCUT2D eigenvalue weighted by molar-refractivity contribution is -0.123. The number of carbonyl (C=O) groups is 1. The van der Waals surface area contributed by atoms with Crippen molar-refractivity contribution in [2.24, 2.45) is 0 Å². The molecule has 0 saturated carbocycles. The van der Waals surface area contributed by atoms with Crippen molar-refractivity contribution in [2.45, 2.75) is 51.5 Å². The topological polar surface area (TPSA) is 71.3 Å². The van der Waals surface area contributed by atoms with Crippen LogP contribution in [0.3, 0.4) is 0 Å². The van der Waals surface area contributed by atoms with Gasteiger partial charge in [0.15, 0.2) is 0 Å². The number of rotatable bonds is 7. The second kappa shape index (κ2) is 9.08. The summed E-state index contributed by atoms with van der Waals surface area (Å²) in [5, 5.41) is 7.08. The Kier molecular flexibility index (Phi) is 6.55. The van der Waals surface area contributed by atoms with Gasteiger partial charge in [-0.1, -0.05) is 31.1 Å². The highest BCUT2D eigenvalue weighted by Gasteiger charge is 2.27. The monoisotopic (exact) mass is 374 g/mol. The van der Waals surface area contributed by atoms with Crippen LogP contribution in [0.2, 0.25) is 0 Å². The van der Waals surface area contributed by atoms with Gasteiger partial charge < -0.3 is 9.84 Å². The van der Waals surface area contributed by atoms with Crippen LogP contribution in [0, 0.1) is 5.82 Å². The number of benzene rings is 1. The highest BCUT2D eigenvalue weighted by atomic mass is 19.1. The summed E-state index contributed by atoms with van der Waals surface area (Å²) in [5.74, 6) is 0.781. The molecule has 1 saturated heterocycles. The molecule has 1 aromatic carbocycles. The van der Waals surface area contributed by atoms with Crippen LogP contribution >= 0.6 is 0 Å². The zero-order valence-corrected chi connectivity index (χ0v) is 15.9. The van der Waals surface area contributed by atoms with E-state index in [0.29, 0.717) is 30.4 Å². The fourth-order valence-electron chi connectivity index (χ4n) is 3.52. The van der Waals surface area contributed by atoms with Crippen LogP contribution in [0.4, 0.5) is 4.39 Å². The van der Waals surface area contributed by atoms with Crippen LogP contribution in [-0.4, -0.2) is 46.6 Å². The van der Waals surface area contributed by atoms with E-state index in [1.807, 2.05) is 0 Å².